The number of carbonyl (C=O) groups excluding carboxylic acids is 1. The van der Waals surface area contributed by atoms with E-state index in [0.29, 0.717) is 0 Å². The largest absolute Gasteiger partial charge is 0.289 e. The number of aryl methyl sites for hydroxylation is 2. The third-order valence-corrected chi connectivity index (χ3v) is 3.02. The summed E-state index contributed by atoms with van der Waals surface area (Å²) in [5.74, 6) is 0.0360. The first-order valence-electron chi connectivity index (χ1n) is 6.01. The van der Waals surface area contributed by atoms with E-state index in [1.807, 2.05) is 42.5 Å². The predicted octanol–water partition coefficient (Wildman–Crippen LogP) is 4.20. The Balaban J connectivity index is 2.16. The molecule has 0 aliphatic carbocycles. The first-order valence-corrected chi connectivity index (χ1v) is 6.01. The second-order valence-electron chi connectivity index (χ2n) is 4.41. The maximum Gasteiger partial charge on any atom is 0.185 e. The lowest BCUT2D eigenvalue weighted by Crippen LogP contribution is -1.92. The molecule has 2 rings (SSSR count). The van der Waals surface area contributed by atoms with Crippen LogP contribution in [0.3, 0.4) is 0 Å². The molecule has 0 bridgehead atoms. The van der Waals surface area contributed by atoms with Gasteiger partial charge in [0.05, 0.1) is 0 Å². The van der Waals surface area contributed by atoms with Crippen LogP contribution in [0.5, 0.6) is 0 Å². The molecule has 0 heterocycles. The Morgan fingerprint density at radius 1 is 0.944 bits per heavy atom. The Bertz CT molecular complexity index is 580. The van der Waals surface area contributed by atoms with Crippen molar-refractivity contribution in [2.24, 2.45) is 0 Å². The fraction of sp³-hybridized carbons (Fsp3) is 0.118. The number of carbonyl (C=O) groups is 1. The van der Waals surface area contributed by atoms with Gasteiger partial charge in [0, 0.05) is 5.56 Å². The highest BCUT2D eigenvalue weighted by Gasteiger charge is 1.99. The van der Waals surface area contributed by atoms with Crippen molar-refractivity contribution in [3.63, 3.8) is 0 Å². The van der Waals surface area contributed by atoms with Crippen LogP contribution >= 0.6 is 0 Å². The van der Waals surface area contributed by atoms with Crippen molar-refractivity contribution < 1.29 is 4.79 Å². The molecule has 0 atom stereocenters. The quantitative estimate of drug-likeness (QED) is 0.576. The number of allylic oxidation sites excluding steroid dienone is 1. The van der Waals surface area contributed by atoms with E-state index in [4.69, 9.17) is 0 Å². The lowest BCUT2D eigenvalue weighted by molar-refractivity contribution is 0.104. The highest BCUT2D eigenvalue weighted by Crippen LogP contribution is 2.11. The molecule has 0 radical (unpaired) electrons. The molecular formula is C17H16O. The first-order chi connectivity index (χ1) is 8.66. The summed E-state index contributed by atoms with van der Waals surface area (Å²) in [6.07, 6.45) is 3.49. The molecule has 2 aromatic rings. The van der Waals surface area contributed by atoms with Gasteiger partial charge in [-0.1, -0.05) is 54.6 Å². The van der Waals surface area contributed by atoms with Crippen LogP contribution in [0.2, 0.25) is 0 Å². The molecule has 0 spiro atoms. The van der Waals surface area contributed by atoms with E-state index in [9.17, 15) is 4.79 Å². The maximum atomic E-state index is 11.9. The molecule has 0 fully saturated rings. The van der Waals surface area contributed by atoms with Crippen LogP contribution < -0.4 is 0 Å². The highest BCUT2D eigenvalue weighted by molar-refractivity contribution is 6.06. The zero-order chi connectivity index (χ0) is 13.0. The lowest BCUT2D eigenvalue weighted by Gasteiger charge is -2.00. The average molecular weight is 236 g/mol. The molecule has 1 heteroatoms. The second-order valence-corrected chi connectivity index (χ2v) is 4.41. The minimum Gasteiger partial charge on any atom is -0.289 e. The smallest absolute Gasteiger partial charge is 0.185 e. The van der Waals surface area contributed by atoms with Gasteiger partial charge in [-0.15, -0.1) is 0 Å². The van der Waals surface area contributed by atoms with Crippen molar-refractivity contribution in [1.82, 2.24) is 0 Å². The van der Waals surface area contributed by atoms with Gasteiger partial charge >= 0.3 is 0 Å². The van der Waals surface area contributed by atoms with Crippen molar-refractivity contribution in [3.8, 4) is 0 Å². The summed E-state index contributed by atoms with van der Waals surface area (Å²) in [6.45, 7) is 4.16. The van der Waals surface area contributed by atoms with E-state index in [-0.39, 0.29) is 5.78 Å². The third-order valence-electron chi connectivity index (χ3n) is 3.02. The van der Waals surface area contributed by atoms with E-state index in [1.165, 1.54) is 11.1 Å². The molecule has 0 amide bonds. The van der Waals surface area contributed by atoms with Crippen molar-refractivity contribution in [2.75, 3.05) is 0 Å². The monoisotopic (exact) mass is 236 g/mol. The van der Waals surface area contributed by atoms with Gasteiger partial charge in [-0.25, -0.2) is 0 Å². The Morgan fingerprint density at radius 2 is 1.67 bits per heavy atom. The van der Waals surface area contributed by atoms with Gasteiger partial charge in [0.2, 0.25) is 0 Å². The summed E-state index contributed by atoms with van der Waals surface area (Å²) in [7, 11) is 0. The van der Waals surface area contributed by atoms with Crippen LogP contribution in [0.1, 0.15) is 27.0 Å². The van der Waals surface area contributed by atoms with E-state index in [0.717, 1.165) is 11.1 Å². The van der Waals surface area contributed by atoms with Crippen LogP contribution in [0.4, 0.5) is 0 Å². The zero-order valence-electron chi connectivity index (χ0n) is 10.7. The SMILES string of the molecule is Cc1ccc(/C=C/C(=O)c2ccccc2)cc1C. The van der Waals surface area contributed by atoms with Crippen LogP contribution in [0.25, 0.3) is 6.08 Å². The van der Waals surface area contributed by atoms with E-state index in [2.05, 4.69) is 26.0 Å². The summed E-state index contributed by atoms with van der Waals surface area (Å²) < 4.78 is 0. The van der Waals surface area contributed by atoms with Gasteiger partial charge in [-0.2, -0.15) is 0 Å². The molecule has 0 aromatic heterocycles. The van der Waals surface area contributed by atoms with Crippen molar-refractivity contribution in [2.45, 2.75) is 13.8 Å². The van der Waals surface area contributed by atoms with Gasteiger partial charge in [-0.05, 0) is 36.6 Å². The Kier molecular flexibility index (Phi) is 3.73. The fourth-order valence-electron chi connectivity index (χ4n) is 1.74. The number of benzene rings is 2. The van der Waals surface area contributed by atoms with Gasteiger partial charge in [0.1, 0.15) is 0 Å². The van der Waals surface area contributed by atoms with E-state index < -0.39 is 0 Å². The molecule has 0 N–H and O–H groups in total. The molecule has 0 saturated heterocycles. The van der Waals surface area contributed by atoms with Crippen molar-refractivity contribution in [1.29, 1.82) is 0 Å². The van der Waals surface area contributed by atoms with Gasteiger partial charge in [0.25, 0.3) is 0 Å². The van der Waals surface area contributed by atoms with Crippen LogP contribution in [-0.4, -0.2) is 5.78 Å². The summed E-state index contributed by atoms with van der Waals surface area (Å²) in [5.41, 5.74) is 4.28. The number of ketones is 1. The Morgan fingerprint density at radius 3 is 2.33 bits per heavy atom. The van der Waals surface area contributed by atoms with Crippen LogP contribution in [0, 0.1) is 13.8 Å². The molecule has 0 aliphatic heterocycles. The normalized spacial score (nSPS) is 10.8. The maximum absolute atomic E-state index is 11.9. The Hall–Kier alpha value is -2.15. The zero-order valence-corrected chi connectivity index (χ0v) is 10.7. The Labute approximate surface area is 108 Å². The van der Waals surface area contributed by atoms with E-state index in [1.54, 1.807) is 6.08 Å². The molecule has 0 unspecified atom stereocenters. The minimum atomic E-state index is 0.0360. The van der Waals surface area contributed by atoms with Gasteiger partial charge in [-0.3, -0.25) is 4.79 Å². The van der Waals surface area contributed by atoms with Crippen molar-refractivity contribution >= 4 is 11.9 Å². The second kappa shape index (κ2) is 5.46. The molecular weight excluding hydrogens is 220 g/mol. The highest BCUT2D eigenvalue weighted by atomic mass is 16.1. The van der Waals surface area contributed by atoms with Gasteiger partial charge < -0.3 is 0 Å². The standard InChI is InChI=1S/C17H16O/c1-13-8-9-15(12-14(13)2)10-11-17(18)16-6-4-3-5-7-16/h3-12H,1-2H3/b11-10+. The molecule has 18 heavy (non-hydrogen) atoms. The number of hydrogen-bond donors (Lipinski definition) is 0. The summed E-state index contributed by atoms with van der Waals surface area (Å²) in [5, 5.41) is 0. The molecule has 90 valence electrons. The van der Waals surface area contributed by atoms with Crippen molar-refractivity contribution in [3.05, 3.63) is 76.9 Å². The first kappa shape index (κ1) is 12.3. The van der Waals surface area contributed by atoms with Crippen LogP contribution in [-0.2, 0) is 0 Å². The topological polar surface area (TPSA) is 17.1 Å². The summed E-state index contributed by atoms with van der Waals surface area (Å²) in [6, 6.07) is 15.5. The average Bonchev–Trinajstić information content (AvgIpc) is 2.41. The molecule has 0 aliphatic rings. The summed E-state index contributed by atoms with van der Waals surface area (Å²) >= 11 is 0. The van der Waals surface area contributed by atoms with Gasteiger partial charge in [0.15, 0.2) is 5.78 Å². The molecule has 1 nitrogen and oxygen atoms in total. The molecule has 2 aromatic carbocycles. The minimum absolute atomic E-state index is 0.0360. The lowest BCUT2D eigenvalue weighted by atomic mass is 10.0. The fourth-order valence-corrected chi connectivity index (χ4v) is 1.74. The molecule has 0 saturated carbocycles. The number of rotatable bonds is 3. The van der Waals surface area contributed by atoms with E-state index >= 15 is 0 Å². The predicted molar refractivity (Wildman–Crippen MR) is 75.7 cm³/mol. The van der Waals surface area contributed by atoms with Crippen LogP contribution in [0.15, 0.2) is 54.6 Å². The number of hydrogen-bond acceptors (Lipinski definition) is 1. The third kappa shape index (κ3) is 2.95. The summed E-state index contributed by atoms with van der Waals surface area (Å²) in [4.78, 5) is 11.9.